The Kier molecular flexibility index (Phi) is 2.32. The minimum Gasteiger partial charge on any atom is -0.339 e. The second-order valence-electron chi connectivity index (χ2n) is 4.78. The van der Waals surface area contributed by atoms with Crippen LogP contribution in [-0.4, -0.2) is 14.7 Å². The van der Waals surface area contributed by atoms with Crippen molar-refractivity contribution in [3.63, 3.8) is 0 Å². The predicted octanol–water partition coefficient (Wildman–Crippen LogP) is 2.37. The van der Waals surface area contributed by atoms with Gasteiger partial charge in [0.15, 0.2) is 5.82 Å². The van der Waals surface area contributed by atoms with Crippen LogP contribution in [0.15, 0.2) is 33.0 Å². The Morgan fingerprint density at radius 3 is 3.16 bits per heavy atom. The van der Waals surface area contributed by atoms with Gasteiger partial charge in [0.2, 0.25) is 5.89 Å². The van der Waals surface area contributed by atoms with Gasteiger partial charge in [-0.2, -0.15) is 4.98 Å². The van der Waals surface area contributed by atoms with Crippen molar-refractivity contribution in [3.05, 3.63) is 45.8 Å². The first-order valence-electron chi connectivity index (χ1n) is 6.20. The number of fused-ring (bicyclic) bond motifs is 1. The van der Waals surface area contributed by atoms with E-state index >= 15 is 0 Å². The fraction of sp³-hybridized carbons (Fsp3) is 0.308. The summed E-state index contributed by atoms with van der Waals surface area (Å²) in [6.07, 6.45) is 4.04. The van der Waals surface area contributed by atoms with Crippen LogP contribution in [-0.2, 0) is 6.54 Å². The average molecular weight is 273 g/mol. The van der Waals surface area contributed by atoms with Crippen molar-refractivity contribution in [2.24, 2.45) is 0 Å². The Hall–Kier alpha value is -1.95. The standard InChI is InChI=1S/C13H11N3O2S/c17-13-11-8(4-6-19-11)3-5-16(13)7-10-14-12(18-15-10)9-1-2-9/h3-6,9H,1-2,7H2. The molecule has 0 bridgehead atoms. The van der Waals surface area contributed by atoms with Gasteiger partial charge < -0.3 is 9.09 Å². The molecular formula is C13H11N3O2S. The van der Waals surface area contributed by atoms with E-state index in [-0.39, 0.29) is 5.56 Å². The van der Waals surface area contributed by atoms with Gasteiger partial charge in [0, 0.05) is 12.1 Å². The minimum atomic E-state index is 0.00488. The van der Waals surface area contributed by atoms with Crippen molar-refractivity contribution in [3.8, 4) is 0 Å². The van der Waals surface area contributed by atoms with Gasteiger partial charge in [-0.05, 0) is 35.7 Å². The summed E-state index contributed by atoms with van der Waals surface area (Å²) < 4.78 is 7.60. The van der Waals surface area contributed by atoms with Gasteiger partial charge >= 0.3 is 0 Å². The van der Waals surface area contributed by atoms with Gasteiger partial charge in [-0.25, -0.2) is 0 Å². The highest BCUT2D eigenvalue weighted by molar-refractivity contribution is 7.17. The molecule has 3 aromatic rings. The molecule has 0 aromatic carbocycles. The summed E-state index contributed by atoms with van der Waals surface area (Å²) >= 11 is 1.46. The fourth-order valence-corrected chi connectivity index (χ4v) is 2.94. The first-order valence-corrected chi connectivity index (χ1v) is 7.08. The van der Waals surface area contributed by atoms with Crippen molar-refractivity contribution < 1.29 is 4.52 Å². The molecule has 0 unspecified atom stereocenters. The summed E-state index contributed by atoms with van der Waals surface area (Å²) in [5.41, 5.74) is 0.00488. The molecule has 1 saturated carbocycles. The van der Waals surface area contributed by atoms with Crippen LogP contribution in [0.25, 0.3) is 10.1 Å². The van der Waals surface area contributed by atoms with Crippen LogP contribution in [0.4, 0.5) is 0 Å². The molecule has 1 fully saturated rings. The molecule has 0 N–H and O–H groups in total. The molecule has 1 aliphatic rings. The molecule has 5 nitrogen and oxygen atoms in total. The number of hydrogen-bond donors (Lipinski definition) is 0. The van der Waals surface area contributed by atoms with Crippen LogP contribution in [0.1, 0.15) is 30.5 Å². The third kappa shape index (κ3) is 1.88. The number of thiophene rings is 1. The van der Waals surface area contributed by atoms with E-state index in [0.29, 0.717) is 24.2 Å². The van der Waals surface area contributed by atoms with E-state index < -0.39 is 0 Å². The normalized spacial score (nSPS) is 15.2. The topological polar surface area (TPSA) is 60.9 Å². The lowest BCUT2D eigenvalue weighted by Gasteiger charge is -2.01. The lowest BCUT2D eigenvalue weighted by atomic mass is 10.3. The van der Waals surface area contributed by atoms with Crippen molar-refractivity contribution in [1.82, 2.24) is 14.7 Å². The molecule has 0 atom stereocenters. The molecule has 0 saturated heterocycles. The third-order valence-electron chi connectivity index (χ3n) is 3.31. The van der Waals surface area contributed by atoms with Gasteiger partial charge in [-0.3, -0.25) is 4.79 Å². The Labute approximate surface area is 112 Å². The van der Waals surface area contributed by atoms with Crippen LogP contribution in [0.5, 0.6) is 0 Å². The summed E-state index contributed by atoms with van der Waals surface area (Å²) in [5, 5.41) is 6.85. The number of hydrogen-bond acceptors (Lipinski definition) is 5. The molecule has 1 aliphatic carbocycles. The fourth-order valence-electron chi connectivity index (χ4n) is 2.10. The van der Waals surface area contributed by atoms with Crippen LogP contribution in [0, 0.1) is 0 Å². The van der Waals surface area contributed by atoms with Crippen molar-refractivity contribution in [2.75, 3.05) is 0 Å². The van der Waals surface area contributed by atoms with Crippen molar-refractivity contribution in [1.29, 1.82) is 0 Å². The SMILES string of the molecule is O=c1c2sccc2ccn1Cc1noc(C2CC2)n1. The van der Waals surface area contributed by atoms with Gasteiger partial charge in [0.05, 0.1) is 11.2 Å². The zero-order valence-corrected chi connectivity index (χ0v) is 10.9. The van der Waals surface area contributed by atoms with Crippen molar-refractivity contribution >= 4 is 21.4 Å². The average Bonchev–Trinajstić information content (AvgIpc) is 2.98. The van der Waals surface area contributed by atoms with Crippen molar-refractivity contribution in [2.45, 2.75) is 25.3 Å². The lowest BCUT2D eigenvalue weighted by molar-refractivity contribution is 0.373. The van der Waals surface area contributed by atoms with Crippen LogP contribution < -0.4 is 5.56 Å². The third-order valence-corrected chi connectivity index (χ3v) is 4.23. The molecule has 96 valence electrons. The van der Waals surface area contributed by atoms with Crippen LogP contribution in [0.2, 0.25) is 0 Å². The number of pyridine rings is 1. The van der Waals surface area contributed by atoms with Gasteiger partial charge in [-0.15, -0.1) is 11.3 Å². The second-order valence-corrected chi connectivity index (χ2v) is 5.69. The Morgan fingerprint density at radius 2 is 2.32 bits per heavy atom. The maximum absolute atomic E-state index is 12.2. The molecule has 4 rings (SSSR count). The number of aromatic nitrogens is 3. The number of nitrogens with zero attached hydrogens (tertiary/aromatic N) is 3. The summed E-state index contributed by atoms with van der Waals surface area (Å²) in [7, 11) is 0. The Balaban J connectivity index is 1.69. The lowest BCUT2D eigenvalue weighted by Crippen LogP contribution is -2.19. The number of rotatable bonds is 3. The van der Waals surface area contributed by atoms with E-state index in [9.17, 15) is 4.79 Å². The first-order chi connectivity index (χ1) is 9.31. The summed E-state index contributed by atoms with van der Waals surface area (Å²) in [6.45, 7) is 0.364. The molecule has 0 amide bonds. The maximum atomic E-state index is 12.2. The molecular weight excluding hydrogens is 262 g/mol. The highest BCUT2D eigenvalue weighted by Crippen LogP contribution is 2.38. The Bertz CT molecular complexity index is 797. The molecule has 3 heterocycles. The van der Waals surface area contributed by atoms with E-state index in [2.05, 4.69) is 10.1 Å². The summed E-state index contributed by atoms with van der Waals surface area (Å²) in [6, 6.07) is 3.89. The van der Waals surface area contributed by atoms with Gasteiger partial charge in [-0.1, -0.05) is 5.16 Å². The van der Waals surface area contributed by atoms with E-state index in [0.717, 1.165) is 22.9 Å². The van der Waals surface area contributed by atoms with Crippen LogP contribution in [0.3, 0.4) is 0 Å². The largest absolute Gasteiger partial charge is 0.339 e. The minimum absolute atomic E-state index is 0.00488. The highest BCUT2D eigenvalue weighted by atomic mass is 32.1. The quantitative estimate of drug-likeness (QED) is 0.735. The smallest absolute Gasteiger partial charge is 0.268 e. The second kappa shape index (κ2) is 4.03. The van der Waals surface area contributed by atoms with Gasteiger partial charge in [0.25, 0.3) is 5.56 Å². The molecule has 0 radical (unpaired) electrons. The predicted molar refractivity (Wildman–Crippen MR) is 71.5 cm³/mol. The van der Waals surface area contributed by atoms with E-state index in [1.807, 2.05) is 17.5 Å². The van der Waals surface area contributed by atoms with E-state index in [1.165, 1.54) is 11.3 Å². The van der Waals surface area contributed by atoms with E-state index in [1.54, 1.807) is 10.8 Å². The molecule has 6 heteroatoms. The zero-order valence-electron chi connectivity index (χ0n) is 10.1. The summed E-state index contributed by atoms with van der Waals surface area (Å²) in [5.74, 6) is 1.72. The first kappa shape index (κ1) is 10.9. The zero-order chi connectivity index (χ0) is 12.8. The molecule has 19 heavy (non-hydrogen) atoms. The molecule has 3 aromatic heterocycles. The maximum Gasteiger partial charge on any atom is 0.268 e. The Morgan fingerprint density at radius 1 is 1.42 bits per heavy atom. The van der Waals surface area contributed by atoms with Gasteiger partial charge in [0.1, 0.15) is 0 Å². The highest BCUT2D eigenvalue weighted by Gasteiger charge is 2.29. The molecule has 0 spiro atoms. The summed E-state index contributed by atoms with van der Waals surface area (Å²) in [4.78, 5) is 16.6. The van der Waals surface area contributed by atoms with Crippen LogP contribution >= 0.6 is 11.3 Å². The molecule has 0 aliphatic heterocycles. The van der Waals surface area contributed by atoms with E-state index in [4.69, 9.17) is 4.52 Å². The monoisotopic (exact) mass is 273 g/mol.